The van der Waals surface area contributed by atoms with Crippen LogP contribution < -0.4 is 5.30 Å². The second-order valence-electron chi connectivity index (χ2n) is 9.90. The summed E-state index contributed by atoms with van der Waals surface area (Å²) < 4.78 is 0. The summed E-state index contributed by atoms with van der Waals surface area (Å²) in [7, 11) is 9.68. The molecule has 0 heterocycles. The molecule has 1 saturated carbocycles. The maximum atomic E-state index is 4.93. The van der Waals surface area contributed by atoms with Gasteiger partial charge in [0.15, 0.2) is 0 Å². The van der Waals surface area contributed by atoms with Gasteiger partial charge in [0.1, 0.15) is 0 Å². The molecule has 0 aromatic heterocycles. The van der Waals surface area contributed by atoms with Crippen molar-refractivity contribution < 1.29 is 20.8 Å². The molecule has 1 unspecified atom stereocenters. The predicted molar refractivity (Wildman–Crippen MR) is 136 cm³/mol. The molecule has 0 radical (unpaired) electrons. The third-order valence-electron chi connectivity index (χ3n) is 5.41. The number of hydrogen-bond acceptors (Lipinski definition) is 0. The van der Waals surface area contributed by atoms with E-state index in [2.05, 4.69) is 103 Å². The first-order valence-corrected chi connectivity index (χ1v) is 18.4. The summed E-state index contributed by atoms with van der Waals surface area (Å²) in [5.41, 5.74) is 1.58. The summed E-state index contributed by atoms with van der Waals surface area (Å²) in [6.45, 7) is 14.3. The van der Waals surface area contributed by atoms with Crippen molar-refractivity contribution >= 4 is 41.0 Å². The van der Waals surface area contributed by atoms with Crippen LogP contribution in [0.5, 0.6) is 0 Å². The fourth-order valence-corrected chi connectivity index (χ4v) is 8.81. The minimum absolute atomic E-state index is 0.185. The van der Waals surface area contributed by atoms with Crippen molar-refractivity contribution in [1.82, 2.24) is 0 Å². The molecule has 2 aliphatic rings. The van der Waals surface area contributed by atoms with Gasteiger partial charge in [-0.25, -0.2) is 18.1 Å². The standard InChI is InChI=1S/C17H24P.C9H11.2ClH.Zr/c1-16(2,3)18(17(4,5)6)15-11-13-9-7-8-10-14(13)12-15;1-2-5-9-7-3-6-8(9)4-1;;;/h7-12H,1-6H3;1-2,4,6,9H,3,5,7H2;2*1H;/q2*-1;;;+4/p-2. The summed E-state index contributed by atoms with van der Waals surface area (Å²) in [4.78, 5) is 0. The van der Waals surface area contributed by atoms with E-state index in [9.17, 15) is 0 Å². The van der Waals surface area contributed by atoms with E-state index < -0.39 is 20.8 Å². The molecule has 2 aliphatic carbocycles. The Bertz CT molecular complexity index is 805. The molecule has 2 aromatic rings. The first-order valence-electron chi connectivity index (χ1n) is 10.7. The zero-order valence-electron chi connectivity index (χ0n) is 19.2. The van der Waals surface area contributed by atoms with Crippen molar-refractivity contribution in [3.63, 3.8) is 0 Å². The zero-order valence-corrected chi connectivity index (χ0v) is 24.0. The van der Waals surface area contributed by atoms with Crippen molar-refractivity contribution in [2.75, 3.05) is 0 Å². The molecule has 0 N–H and O–H groups in total. The van der Waals surface area contributed by atoms with Crippen LogP contribution in [0, 0.1) is 12.3 Å². The Morgan fingerprint density at radius 2 is 1.67 bits per heavy atom. The topological polar surface area (TPSA) is 0 Å². The molecule has 4 rings (SSSR count). The van der Waals surface area contributed by atoms with Gasteiger partial charge in [0.25, 0.3) is 0 Å². The van der Waals surface area contributed by atoms with Gasteiger partial charge in [-0.05, 0) is 22.7 Å². The van der Waals surface area contributed by atoms with Gasteiger partial charge in [-0.3, -0.25) is 0 Å². The molecule has 0 spiro atoms. The summed E-state index contributed by atoms with van der Waals surface area (Å²) in [6.07, 6.45) is 13.0. The normalized spacial score (nSPS) is 17.8. The number of rotatable bonds is 1. The fourth-order valence-electron chi connectivity index (χ4n) is 4.71. The summed E-state index contributed by atoms with van der Waals surface area (Å²) in [5, 5.41) is 5.00. The van der Waals surface area contributed by atoms with E-state index in [0.29, 0.717) is 10.3 Å². The average molecular weight is 541 g/mol. The van der Waals surface area contributed by atoms with Crippen molar-refractivity contribution in [3.05, 3.63) is 66.6 Å². The van der Waals surface area contributed by atoms with E-state index in [0.717, 1.165) is 5.92 Å². The molecule has 0 saturated heterocycles. The monoisotopic (exact) mass is 538 g/mol. The third kappa shape index (κ3) is 7.59. The third-order valence-corrected chi connectivity index (χ3v) is 8.87. The Morgan fingerprint density at radius 1 is 1.03 bits per heavy atom. The van der Waals surface area contributed by atoms with Gasteiger partial charge in [-0.2, -0.15) is 6.07 Å². The summed E-state index contributed by atoms with van der Waals surface area (Å²) >= 11 is -0.826. The van der Waals surface area contributed by atoms with E-state index in [1.165, 1.54) is 30.0 Å². The van der Waals surface area contributed by atoms with Crippen LogP contribution in [0.1, 0.15) is 60.8 Å². The predicted octanol–water partition coefficient (Wildman–Crippen LogP) is 9.13. The van der Waals surface area contributed by atoms with Crippen LogP contribution in [0.2, 0.25) is 0 Å². The molecule has 1 atom stereocenters. The van der Waals surface area contributed by atoms with Crippen molar-refractivity contribution in [1.29, 1.82) is 0 Å². The van der Waals surface area contributed by atoms with Crippen LogP contribution in [-0.2, 0) is 20.8 Å². The van der Waals surface area contributed by atoms with Gasteiger partial charge in [0, 0.05) is 0 Å². The first kappa shape index (κ1) is 26.3. The number of halogens is 2. The summed E-state index contributed by atoms with van der Waals surface area (Å²) in [6, 6.07) is 13.5. The molecule has 1 fully saturated rings. The number of allylic oxidation sites excluding steroid dienone is 4. The van der Waals surface area contributed by atoms with Crippen molar-refractivity contribution in [2.45, 2.75) is 71.1 Å². The van der Waals surface area contributed by atoms with Crippen LogP contribution in [-0.4, -0.2) is 10.3 Å². The second kappa shape index (κ2) is 11.8. The van der Waals surface area contributed by atoms with Gasteiger partial charge in [-0.15, -0.1) is 58.9 Å². The molecular weight excluding hydrogens is 505 g/mol. The Hall–Kier alpha value is 0.0731. The summed E-state index contributed by atoms with van der Waals surface area (Å²) in [5.74, 6) is 0.884. The quantitative estimate of drug-likeness (QED) is 0.250. The van der Waals surface area contributed by atoms with Gasteiger partial charge >= 0.3 is 37.9 Å². The van der Waals surface area contributed by atoms with Gasteiger partial charge in [0.2, 0.25) is 0 Å². The minimum atomic E-state index is -0.826. The Morgan fingerprint density at radius 3 is 2.23 bits per heavy atom. The van der Waals surface area contributed by atoms with Crippen LogP contribution in [0.25, 0.3) is 10.8 Å². The number of hydrogen-bond donors (Lipinski definition) is 0. The van der Waals surface area contributed by atoms with Crippen LogP contribution in [0.15, 0.2) is 60.2 Å². The Balaban J connectivity index is 0.000000220. The van der Waals surface area contributed by atoms with Gasteiger partial charge < -0.3 is 0 Å². The van der Waals surface area contributed by atoms with E-state index in [4.69, 9.17) is 17.0 Å². The van der Waals surface area contributed by atoms with E-state index in [1.54, 1.807) is 10.9 Å². The van der Waals surface area contributed by atoms with E-state index in [-0.39, 0.29) is 7.92 Å². The van der Waals surface area contributed by atoms with Crippen LogP contribution in [0.3, 0.4) is 0 Å². The Labute approximate surface area is 204 Å². The molecule has 0 bridgehead atoms. The van der Waals surface area contributed by atoms with E-state index >= 15 is 0 Å². The molecule has 0 aliphatic heterocycles. The average Bonchev–Trinajstić information content (AvgIpc) is 3.26. The zero-order chi connectivity index (χ0) is 22.4. The van der Waals surface area contributed by atoms with Gasteiger partial charge in [-0.1, -0.05) is 62.0 Å². The number of fused-ring (bicyclic) bond motifs is 2. The fraction of sp³-hybridized carbons (Fsp3) is 0.462. The molecule has 0 amide bonds. The molecule has 4 heteroatoms. The van der Waals surface area contributed by atoms with Crippen LogP contribution in [0.4, 0.5) is 0 Å². The second-order valence-corrected chi connectivity index (χ2v) is 17.5. The molecule has 2 aromatic carbocycles. The first-order chi connectivity index (χ1) is 14.1. The Kier molecular flexibility index (Phi) is 10.4. The molecule has 0 nitrogen and oxygen atoms in total. The van der Waals surface area contributed by atoms with E-state index in [1.807, 2.05) is 0 Å². The number of benzene rings is 1. The maximum absolute atomic E-state index is 4.93. The van der Waals surface area contributed by atoms with Crippen molar-refractivity contribution in [2.24, 2.45) is 5.92 Å². The molecule has 162 valence electrons. The molecular formula is C26H35Cl2PZr. The van der Waals surface area contributed by atoms with Gasteiger partial charge in [0.05, 0.1) is 0 Å². The molecule has 30 heavy (non-hydrogen) atoms. The SMILES string of the molecule is C1=CCC2CC[CH-]C2=C1.CC(C)(C)P(c1cc2ccccc2[cH-]1)C(C)(C)C.[Cl][Zr+2][Cl]. The van der Waals surface area contributed by atoms with Crippen LogP contribution >= 0.6 is 24.9 Å². The van der Waals surface area contributed by atoms with Crippen molar-refractivity contribution in [3.8, 4) is 0 Å².